The minimum atomic E-state index is -0.446. The maximum atomic E-state index is 11.7. The van der Waals surface area contributed by atoms with Crippen molar-refractivity contribution in [2.75, 3.05) is 6.67 Å². The summed E-state index contributed by atoms with van der Waals surface area (Å²) in [6.07, 6.45) is 2.28. The Balaban J connectivity index is 2.42. The Bertz CT molecular complexity index is 101. The highest BCUT2D eigenvalue weighted by Crippen LogP contribution is 2.20. The van der Waals surface area contributed by atoms with Crippen LogP contribution in [0.15, 0.2) is 0 Å². The summed E-state index contributed by atoms with van der Waals surface area (Å²) in [5.41, 5.74) is 0. The number of Topliss-reactive ketones (excluding diaryl/α,β-unsaturated/α-hetero) is 1. The summed E-state index contributed by atoms with van der Waals surface area (Å²) in [7, 11) is 0. The molecule has 0 radical (unpaired) electrons. The lowest BCUT2D eigenvalue weighted by atomic mass is 10.1. The zero-order valence-corrected chi connectivity index (χ0v) is 4.69. The molecule has 0 heterocycles. The second-order valence-corrected chi connectivity index (χ2v) is 2.21. The van der Waals surface area contributed by atoms with Gasteiger partial charge in [0.1, 0.15) is 5.78 Å². The van der Waals surface area contributed by atoms with Crippen molar-refractivity contribution >= 4 is 5.78 Å². The van der Waals surface area contributed by atoms with E-state index in [0.717, 1.165) is 12.8 Å². The summed E-state index contributed by atoms with van der Waals surface area (Å²) < 4.78 is 11.7. The van der Waals surface area contributed by atoms with Gasteiger partial charge < -0.3 is 0 Å². The average Bonchev–Trinajstić information content (AvgIpc) is 2.14. The van der Waals surface area contributed by atoms with Crippen molar-refractivity contribution in [3.8, 4) is 0 Å². The molecular weight excluding hydrogens is 107 g/mol. The van der Waals surface area contributed by atoms with Crippen molar-refractivity contribution in [1.29, 1.82) is 0 Å². The van der Waals surface area contributed by atoms with Gasteiger partial charge in [0.15, 0.2) is 0 Å². The molecule has 0 N–H and O–H groups in total. The number of halogens is 1. The molecule has 2 heteroatoms. The molecule has 1 nitrogen and oxygen atoms in total. The SMILES string of the molecule is O=C1CCCC1CF. The molecule has 0 saturated heterocycles. The van der Waals surface area contributed by atoms with Crippen molar-refractivity contribution < 1.29 is 9.18 Å². The molecule has 0 aliphatic heterocycles. The summed E-state index contributed by atoms with van der Waals surface area (Å²) in [6.45, 7) is -0.446. The number of hydrogen-bond acceptors (Lipinski definition) is 1. The van der Waals surface area contributed by atoms with E-state index in [1.54, 1.807) is 0 Å². The van der Waals surface area contributed by atoms with Crippen molar-refractivity contribution in [2.45, 2.75) is 19.3 Å². The zero-order valence-electron chi connectivity index (χ0n) is 4.69. The van der Waals surface area contributed by atoms with Gasteiger partial charge in [0.05, 0.1) is 6.67 Å². The summed E-state index contributed by atoms with van der Waals surface area (Å²) in [5.74, 6) is -0.123. The van der Waals surface area contributed by atoms with E-state index in [9.17, 15) is 9.18 Å². The zero-order chi connectivity index (χ0) is 5.98. The van der Waals surface area contributed by atoms with Crippen LogP contribution in [0.5, 0.6) is 0 Å². The standard InChI is InChI=1S/C6H9FO/c7-4-5-2-1-3-6(5)8/h5H,1-4H2. The summed E-state index contributed by atoms with van der Waals surface area (Å²) in [5, 5.41) is 0. The fourth-order valence-electron chi connectivity index (χ4n) is 1.05. The van der Waals surface area contributed by atoms with Gasteiger partial charge in [-0.3, -0.25) is 9.18 Å². The monoisotopic (exact) mass is 116 g/mol. The predicted molar refractivity (Wildman–Crippen MR) is 28.3 cm³/mol. The Morgan fingerprint density at radius 3 is 2.75 bits per heavy atom. The fourth-order valence-corrected chi connectivity index (χ4v) is 1.05. The molecule has 1 fully saturated rings. The van der Waals surface area contributed by atoms with Gasteiger partial charge in [-0.2, -0.15) is 0 Å². The second-order valence-electron chi connectivity index (χ2n) is 2.21. The number of carbonyl (C=O) groups is 1. The van der Waals surface area contributed by atoms with Gasteiger partial charge in [-0.05, 0) is 12.8 Å². The summed E-state index contributed by atoms with van der Waals surface area (Å²) >= 11 is 0. The van der Waals surface area contributed by atoms with Crippen LogP contribution in [0.25, 0.3) is 0 Å². The molecule has 1 aliphatic rings. The van der Waals surface area contributed by atoms with Crippen LogP contribution in [-0.4, -0.2) is 12.5 Å². The Labute approximate surface area is 47.9 Å². The van der Waals surface area contributed by atoms with E-state index < -0.39 is 6.67 Å². The minimum absolute atomic E-state index is 0.118. The number of hydrogen-bond donors (Lipinski definition) is 0. The second kappa shape index (κ2) is 2.25. The van der Waals surface area contributed by atoms with Crippen LogP contribution in [-0.2, 0) is 4.79 Å². The third-order valence-electron chi connectivity index (χ3n) is 1.62. The molecule has 1 aliphatic carbocycles. The maximum Gasteiger partial charge on any atom is 0.138 e. The first-order valence-electron chi connectivity index (χ1n) is 2.93. The molecule has 0 spiro atoms. The van der Waals surface area contributed by atoms with E-state index in [-0.39, 0.29) is 11.7 Å². The number of ketones is 1. The van der Waals surface area contributed by atoms with Crippen LogP contribution in [0.4, 0.5) is 4.39 Å². The van der Waals surface area contributed by atoms with Gasteiger partial charge in [-0.25, -0.2) is 0 Å². The van der Waals surface area contributed by atoms with Crippen LogP contribution < -0.4 is 0 Å². The van der Waals surface area contributed by atoms with E-state index in [1.165, 1.54) is 0 Å². The first-order valence-corrected chi connectivity index (χ1v) is 2.93. The molecule has 1 atom stereocenters. The van der Waals surface area contributed by atoms with E-state index >= 15 is 0 Å². The molecule has 1 rings (SSSR count). The summed E-state index contributed by atoms with van der Waals surface area (Å²) in [6, 6.07) is 0. The van der Waals surface area contributed by atoms with Gasteiger partial charge in [0, 0.05) is 12.3 Å². The number of carbonyl (C=O) groups excluding carboxylic acids is 1. The molecule has 0 aromatic heterocycles. The van der Waals surface area contributed by atoms with Crippen molar-refractivity contribution in [2.24, 2.45) is 5.92 Å². The minimum Gasteiger partial charge on any atom is -0.299 e. The largest absolute Gasteiger partial charge is 0.299 e. The van der Waals surface area contributed by atoms with Crippen molar-refractivity contribution in [1.82, 2.24) is 0 Å². The Hall–Kier alpha value is -0.400. The quantitative estimate of drug-likeness (QED) is 0.505. The van der Waals surface area contributed by atoms with Crippen LogP contribution in [0.1, 0.15) is 19.3 Å². The van der Waals surface area contributed by atoms with Crippen LogP contribution in [0.2, 0.25) is 0 Å². The lowest BCUT2D eigenvalue weighted by Gasteiger charge is -1.96. The lowest BCUT2D eigenvalue weighted by Crippen LogP contribution is -2.07. The smallest absolute Gasteiger partial charge is 0.138 e. The van der Waals surface area contributed by atoms with Gasteiger partial charge in [0.25, 0.3) is 0 Å². The van der Waals surface area contributed by atoms with Crippen molar-refractivity contribution in [3.63, 3.8) is 0 Å². The predicted octanol–water partition coefficient (Wildman–Crippen LogP) is 1.33. The van der Waals surface area contributed by atoms with E-state index in [1.807, 2.05) is 0 Å². The molecule has 8 heavy (non-hydrogen) atoms. The highest BCUT2D eigenvalue weighted by molar-refractivity contribution is 5.82. The van der Waals surface area contributed by atoms with E-state index in [2.05, 4.69) is 0 Å². The molecule has 1 saturated carbocycles. The molecule has 0 amide bonds. The fraction of sp³-hybridized carbons (Fsp3) is 0.833. The molecule has 46 valence electrons. The Kier molecular flexibility index (Phi) is 1.61. The highest BCUT2D eigenvalue weighted by atomic mass is 19.1. The maximum absolute atomic E-state index is 11.7. The normalized spacial score (nSPS) is 29.1. The van der Waals surface area contributed by atoms with Gasteiger partial charge in [0.2, 0.25) is 0 Å². The summed E-state index contributed by atoms with van der Waals surface area (Å²) in [4.78, 5) is 10.6. The molecular formula is C6H9FO. The molecule has 0 bridgehead atoms. The molecule has 0 aromatic carbocycles. The third-order valence-corrected chi connectivity index (χ3v) is 1.62. The molecule has 0 aromatic rings. The topological polar surface area (TPSA) is 17.1 Å². The third kappa shape index (κ3) is 0.881. The van der Waals surface area contributed by atoms with Gasteiger partial charge in [-0.15, -0.1) is 0 Å². The van der Waals surface area contributed by atoms with E-state index in [4.69, 9.17) is 0 Å². The number of alkyl halides is 1. The van der Waals surface area contributed by atoms with Gasteiger partial charge in [-0.1, -0.05) is 0 Å². The van der Waals surface area contributed by atoms with Crippen LogP contribution >= 0.6 is 0 Å². The first-order chi connectivity index (χ1) is 3.84. The highest BCUT2D eigenvalue weighted by Gasteiger charge is 2.23. The van der Waals surface area contributed by atoms with Crippen molar-refractivity contribution in [3.05, 3.63) is 0 Å². The first kappa shape index (κ1) is 5.73. The Morgan fingerprint density at radius 1 is 1.75 bits per heavy atom. The van der Waals surface area contributed by atoms with Crippen LogP contribution in [0.3, 0.4) is 0 Å². The van der Waals surface area contributed by atoms with E-state index in [0.29, 0.717) is 6.42 Å². The van der Waals surface area contributed by atoms with Gasteiger partial charge >= 0.3 is 0 Å². The Morgan fingerprint density at radius 2 is 2.50 bits per heavy atom. The average molecular weight is 116 g/mol. The molecule has 1 unspecified atom stereocenters. The lowest BCUT2D eigenvalue weighted by molar-refractivity contribution is -0.121. The number of rotatable bonds is 1. The van der Waals surface area contributed by atoms with Crippen LogP contribution in [0, 0.1) is 5.92 Å².